The predicted molar refractivity (Wildman–Crippen MR) is 58.1 cm³/mol. The molecule has 92 valence electrons. The molecule has 1 atom stereocenters. The minimum atomic E-state index is -1.26. The summed E-state index contributed by atoms with van der Waals surface area (Å²) in [6, 6.07) is 5.15. The zero-order chi connectivity index (χ0) is 12.8. The first-order valence-electron chi connectivity index (χ1n) is 4.92. The number of primary amides is 1. The topological polar surface area (TPSA) is 104 Å². The summed E-state index contributed by atoms with van der Waals surface area (Å²) < 4.78 is 4.97. The third-order valence-corrected chi connectivity index (χ3v) is 2.21. The Bertz CT molecular complexity index is 386. The maximum Gasteiger partial charge on any atom is 0.312 e. The second-order valence-corrected chi connectivity index (χ2v) is 3.41. The highest BCUT2D eigenvalue weighted by atomic mass is 16.5. The van der Waals surface area contributed by atoms with Gasteiger partial charge in [0.15, 0.2) is 0 Å². The summed E-state index contributed by atoms with van der Waals surface area (Å²) in [5.74, 6) is -0.625. The van der Waals surface area contributed by atoms with E-state index in [2.05, 4.69) is 5.32 Å². The fraction of sp³-hybridized carbons (Fsp3) is 0.273. The van der Waals surface area contributed by atoms with Crippen LogP contribution < -0.4 is 20.9 Å². The Morgan fingerprint density at radius 3 is 2.41 bits per heavy atom. The van der Waals surface area contributed by atoms with E-state index in [1.165, 1.54) is 7.11 Å². The molecule has 17 heavy (non-hydrogen) atoms. The van der Waals surface area contributed by atoms with Crippen LogP contribution in [0.4, 0.5) is 4.79 Å². The number of hydrogen-bond acceptors (Lipinski definition) is 4. The molecule has 0 aromatic heterocycles. The number of urea groups is 1. The molecule has 0 heterocycles. The van der Waals surface area contributed by atoms with E-state index in [1.807, 2.05) is 0 Å². The van der Waals surface area contributed by atoms with Crippen molar-refractivity contribution in [2.45, 2.75) is 12.5 Å². The molecule has 6 heteroatoms. The largest absolute Gasteiger partial charge is 0.550 e. The Kier molecular flexibility index (Phi) is 4.33. The van der Waals surface area contributed by atoms with Gasteiger partial charge in [0.2, 0.25) is 0 Å². The van der Waals surface area contributed by atoms with E-state index in [-0.39, 0.29) is 6.42 Å². The van der Waals surface area contributed by atoms with Crippen LogP contribution in [-0.2, 0) is 4.79 Å². The fourth-order valence-electron chi connectivity index (χ4n) is 1.43. The average molecular weight is 237 g/mol. The highest BCUT2D eigenvalue weighted by Gasteiger charge is 2.13. The van der Waals surface area contributed by atoms with Crippen LogP contribution >= 0.6 is 0 Å². The van der Waals surface area contributed by atoms with Crippen LogP contribution in [0.2, 0.25) is 0 Å². The Balaban J connectivity index is 2.86. The van der Waals surface area contributed by atoms with E-state index in [1.54, 1.807) is 24.3 Å². The summed E-state index contributed by atoms with van der Waals surface area (Å²) in [5, 5.41) is 12.9. The van der Waals surface area contributed by atoms with Crippen LogP contribution in [0.25, 0.3) is 0 Å². The number of aliphatic carboxylic acids is 1. The summed E-state index contributed by atoms with van der Waals surface area (Å²) in [7, 11) is 1.52. The molecule has 6 nitrogen and oxygen atoms in total. The van der Waals surface area contributed by atoms with Gasteiger partial charge in [-0.25, -0.2) is 4.79 Å². The number of carboxylic acids is 1. The summed E-state index contributed by atoms with van der Waals surface area (Å²) >= 11 is 0. The lowest BCUT2D eigenvalue weighted by Crippen LogP contribution is -2.37. The zero-order valence-corrected chi connectivity index (χ0v) is 9.30. The summed E-state index contributed by atoms with van der Waals surface area (Å²) in [6.45, 7) is 0. The van der Waals surface area contributed by atoms with Gasteiger partial charge in [0, 0.05) is 12.4 Å². The number of nitrogens with two attached hydrogens (primary N) is 1. The van der Waals surface area contributed by atoms with Gasteiger partial charge >= 0.3 is 6.03 Å². The van der Waals surface area contributed by atoms with Crippen LogP contribution in [0.3, 0.4) is 0 Å². The number of benzene rings is 1. The van der Waals surface area contributed by atoms with Gasteiger partial charge in [-0.3, -0.25) is 0 Å². The Hall–Kier alpha value is -2.24. The van der Waals surface area contributed by atoms with Crippen LogP contribution in [0.5, 0.6) is 5.75 Å². The van der Waals surface area contributed by atoms with Crippen LogP contribution in [0, 0.1) is 0 Å². The monoisotopic (exact) mass is 237 g/mol. The van der Waals surface area contributed by atoms with Crippen LogP contribution in [0.15, 0.2) is 24.3 Å². The number of ether oxygens (including phenoxy) is 1. The molecule has 3 N–H and O–H groups in total. The van der Waals surface area contributed by atoms with Crippen LogP contribution in [-0.4, -0.2) is 19.1 Å². The van der Waals surface area contributed by atoms with Crippen molar-refractivity contribution in [2.24, 2.45) is 5.73 Å². The van der Waals surface area contributed by atoms with Crippen molar-refractivity contribution in [3.63, 3.8) is 0 Å². The van der Waals surface area contributed by atoms with E-state index < -0.39 is 18.0 Å². The number of methoxy groups -OCH3 is 1. The normalized spacial score (nSPS) is 11.6. The summed E-state index contributed by atoms with van der Waals surface area (Å²) in [6.07, 6.45) is -0.338. The Morgan fingerprint density at radius 2 is 2.00 bits per heavy atom. The highest BCUT2D eigenvalue weighted by Crippen LogP contribution is 2.19. The van der Waals surface area contributed by atoms with Crippen molar-refractivity contribution in [1.82, 2.24) is 5.32 Å². The SMILES string of the molecule is COc1ccc([C@@H](CC(=O)[O-])NC(N)=O)cc1. The van der Waals surface area contributed by atoms with E-state index >= 15 is 0 Å². The molecule has 0 fully saturated rings. The number of rotatable bonds is 5. The molecule has 0 unspecified atom stereocenters. The van der Waals surface area contributed by atoms with Gasteiger partial charge in [-0.15, -0.1) is 0 Å². The predicted octanol–water partition coefficient (Wildman–Crippen LogP) is -0.455. The second kappa shape index (κ2) is 5.74. The van der Waals surface area contributed by atoms with Crippen molar-refractivity contribution in [3.8, 4) is 5.75 Å². The van der Waals surface area contributed by atoms with Gasteiger partial charge in [-0.05, 0) is 17.7 Å². The molecule has 0 aliphatic rings. The number of carbonyl (C=O) groups is 2. The first-order chi connectivity index (χ1) is 8.02. The number of carboxylic acid groups (broad SMARTS) is 1. The van der Waals surface area contributed by atoms with Crippen molar-refractivity contribution in [3.05, 3.63) is 29.8 Å². The number of amides is 2. The third-order valence-electron chi connectivity index (χ3n) is 2.21. The maximum absolute atomic E-state index is 10.8. The molecular formula is C11H13N2O4-. The molecule has 0 saturated heterocycles. The second-order valence-electron chi connectivity index (χ2n) is 3.41. The first-order valence-corrected chi connectivity index (χ1v) is 4.92. The van der Waals surface area contributed by atoms with Gasteiger partial charge in [0.25, 0.3) is 0 Å². The van der Waals surface area contributed by atoms with Gasteiger partial charge in [-0.2, -0.15) is 0 Å². The van der Waals surface area contributed by atoms with Crippen molar-refractivity contribution < 1.29 is 19.4 Å². The standard InChI is InChI=1S/C11H14N2O4/c1-17-8-4-2-7(3-5-8)9(6-10(14)15)13-11(12)16/h2-5,9H,6H2,1H3,(H,14,15)(H3,12,13,16)/p-1/t9-/m1/s1. The summed E-state index contributed by atoms with van der Waals surface area (Å²) in [5.41, 5.74) is 5.59. The van der Waals surface area contributed by atoms with E-state index in [0.717, 1.165) is 0 Å². The molecule has 0 bridgehead atoms. The van der Waals surface area contributed by atoms with E-state index in [9.17, 15) is 14.7 Å². The molecule has 1 rings (SSSR count). The Morgan fingerprint density at radius 1 is 1.41 bits per heavy atom. The van der Waals surface area contributed by atoms with Crippen molar-refractivity contribution >= 4 is 12.0 Å². The molecule has 1 aromatic carbocycles. The number of hydrogen-bond donors (Lipinski definition) is 2. The molecule has 0 saturated carbocycles. The smallest absolute Gasteiger partial charge is 0.312 e. The van der Waals surface area contributed by atoms with Gasteiger partial charge in [0.1, 0.15) is 5.75 Å². The Labute approximate surface area is 98.4 Å². The molecule has 2 amide bonds. The molecule has 1 aromatic rings. The van der Waals surface area contributed by atoms with Gasteiger partial charge in [-0.1, -0.05) is 12.1 Å². The van der Waals surface area contributed by atoms with Gasteiger partial charge in [0.05, 0.1) is 13.2 Å². The lowest BCUT2D eigenvalue weighted by Gasteiger charge is -2.18. The van der Waals surface area contributed by atoms with E-state index in [0.29, 0.717) is 11.3 Å². The highest BCUT2D eigenvalue weighted by molar-refractivity contribution is 5.74. The number of nitrogens with one attached hydrogen (secondary N) is 1. The molecule has 0 spiro atoms. The summed E-state index contributed by atoms with van der Waals surface area (Å²) in [4.78, 5) is 21.3. The first kappa shape index (κ1) is 12.8. The maximum atomic E-state index is 10.8. The number of carbonyl (C=O) groups excluding carboxylic acids is 2. The molecular weight excluding hydrogens is 224 g/mol. The van der Waals surface area contributed by atoms with Gasteiger partial charge < -0.3 is 25.7 Å². The van der Waals surface area contributed by atoms with E-state index in [4.69, 9.17) is 10.5 Å². The van der Waals surface area contributed by atoms with Crippen LogP contribution in [0.1, 0.15) is 18.0 Å². The molecule has 0 aliphatic carbocycles. The van der Waals surface area contributed by atoms with Crippen molar-refractivity contribution in [1.29, 1.82) is 0 Å². The quantitative estimate of drug-likeness (QED) is 0.723. The average Bonchev–Trinajstić information content (AvgIpc) is 2.27. The lowest BCUT2D eigenvalue weighted by atomic mass is 10.0. The third kappa shape index (κ3) is 4.02. The minimum absolute atomic E-state index is 0.338. The molecule has 0 aliphatic heterocycles. The molecule has 0 radical (unpaired) electrons. The van der Waals surface area contributed by atoms with Crippen molar-refractivity contribution in [2.75, 3.05) is 7.11 Å². The minimum Gasteiger partial charge on any atom is -0.550 e. The lowest BCUT2D eigenvalue weighted by molar-refractivity contribution is -0.306. The zero-order valence-electron chi connectivity index (χ0n) is 9.30. The fourth-order valence-corrected chi connectivity index (χ4v) is 1.43.